The van der Waals surface area contributed by atoms with E-state index in [2.05, 4.69) is 20.3 Å². The number of rotatable bonds is 6. The lowest BCUT2D eigenvalue weighted by Gasteiger charge is -2.27. The molecule has 0 saturated carbocycles. The molecule has 35 heavy (non-hydrogen) atoms. The zero-order chi connectivity index (χ0) is 24.4. The Morgan fingerprint density at radius 2 is 1.97 bits per heavy atom. The zero-order valence-electron chi connectivity index (χ0n) is 19.2. The molecule has 0 fully saturated rings. The van der Waals surface area contributed by atoms with Crippen molar-refractivity contribution < 1.29 is 14.3 Å². The first-order valence-electron chi connectivity index (χ1n) is 10.9. The number of thioether (sulfide) groups is 1. The summed E-state index contributed by atoms with van der Waals surface area (Å²) in [4.78, 5) is 44.2. The second kappa shape index (κ2) is 9.63. The number of nitrogens with one attached hydrogen (secondary N) is 1. The summed E-state index contributed by atoms with van der Waals surface area (Å²) >= 11 is 1.42. The smallest absolute Gasteiger partial charge is 0.272 e. The van der Waals surface area contributed by atoms with Gasteiger partial charge in [0.25, 0.3) is 5.91 Å². The molecule has 5 heterocycles. The molecular formula is C24H23N7O3S. The molecule has 0 spiro atoms. The van der Waals surface area contributed by atoms with Gasteiger partial charge in [-0.25, -0.2) is 9.97 Å². The molecule has 0 unspecified atom stereocenters. The topological polar surface area (TPSA) is 104 Å². The van der Waals surface area contributed by atoms with Crippen molar-refractivity contribution in [2.75, 3.05) is 43.2 Å². The van der Waals surface area contributed by atoms with E-state index < -0.39 is 0 Å². The van der Waals surface area contributed by atoms with Gasteiger partial charge in [-0.1, -0.05) is 0 Å². The lowest BCUT2D eigenvalue weighted by Crippen LogP contribution is -2.34. The lowest BCUT2D eigenvalue weighted by molar-refractivity contribution is -0.113. The number of carbonyl (C=O) groups excluding carboxylic acids is 2. The molecule has 0 bridgehead atoms. The van der Waals surface area contributed by atoms with Crippen LogP contribution in [0.2, 0.25) is 0 Å². The maximum atomic E-state index is 12.9. The monoisotopic (exact) mass is 489 g/mol. The van der Waals surface area contributed by atoms with Gasteiger partial charge in [-0.3, -0.25) is 14.6 Å². The normalized spacial score (nSPS) is 14.6. The molecule has 11 heteroatoms. The standard InChI is InChI=1S/C24H23N7O3S/c1-29(24(33)17-3-5-19-23(26-17)27-20(32)15-35-19)9-10-30-11-13-31(14-12-30)18-7-8-25-16-4-6-21(34-2)28-22(16)18/h3-8,11-14H,9-10,15H2,1-2H3,(H,26,27,32). The Labute approximate surface area is 206 Å². The van der Waals surface area contributed by atoms with Crippen molar-refractivity contribution in [3.05, 3.63) is 67.0 Å². The first-order valence-corrected chi connectivity index (χ1v) is 11.9. The highest BCUT2D eigenvalue weighted by molar-refractivity contribution is 8.00. The Morgan fingerprint density at radius 1 is 1.14 bits per heavy atom. The van der Waals surface area contributed by atoms with Crippen molar-refractivity contribution in [1.29, 1.82) is 0 Å². The number of amides is 2. The summed E-state index contributed by atoms with van der Waals surface area (Å²) in [5, 5.41) is 2.72. The van der Waals surface area contributed by atoms with Crippen LogP contribution in [0, 0.1) is 0 Å². The molecule has 0 aliphatic carbocycles. The van der Waals surface area contributed by atoms with Crippen LogP contribution in [0.1, 0.15) is 10.5 Å². The third-order valence-corrected chi connectivity index (χ3v) is 6.64. The molecular weight excluding hydrogens is 466 g/mol. The van der Waals surface area contributed by atoms with Crippen LogP contribution in [0.3, 0.4) is 0 Å². The number of carbonyl (C=O) groups is 2. The summed E-state index contributed by atoms with van der Waals surface area (Å²) < 4.78 is 5.26. The number of fused-ring (bicyclic) bond motifs is 2. The largest absolute Gasteiger partial charge is 0.481 e. The Balaban J connectivity index is 1.21. The fraction of sp³-hybridized carbons (Fsp3) is 0.208. The van der Waals surface area contributed by atoms with Crippen molar-refractivity contribution in [3.8, 4) is 5.88 Å². The molecule has 3 aromatic rings. The summed E-state index contributed by atoms with van der Waals surface area (Å²) in [6, 6.07) is 9.09. The van der Waals surface area contributed by atoms with E-state index in [9.17, 15) is 9.59 Å². The molecule has 0 saturated heterocycles. The maximum Gasteiger partial charge on any atom is 0.272 e. The van der Waals surface area contributed by atoms with Crippen LogP contribution >= 0.6 is 11.8 Å². The fourth-order valence-electron chi connectivity index (χ4n) is 3.69. The Kier molecular flexibility index (Phi) is 6.23. The number of aromatic nitrogens is 3. The second-order valence-electron chi connectivity index (χ2n) is 7.90. The summed E-state index contributed by atoms with van der Waals surface area (Å²) in [5.74, 6) is 1.02. The minimum absolute atomic E-state index is 0.111. The zero-order valence-corrected chi connectivity index (χ0v) is 20.0. The number of anilines is 2. The van der Waals surface area contributed by atoms with E-state index in [1.807, 2.05) is 52.8 Å². The van der Waals surface area contributed by atoms with Gasteiger partial charge < -0.3 is 24.8 Å². The molecule has 5 rings (SSSR count). The van der Waals surface area contributed by atoms with Crippen molar-refractivity contribution >= 4 is 46.1 Å². The first-order chi connectivity index (χ1) is 17.0. The number of nitrogens with zero attached hydrogens (tertiary/aromatic N) is 6. The lowest BCUT2D eigenvalue weighted by atomic mass is 10.2. The summed E-state index contributed by atoms with van der Waals surface area (Å²) in [5.41, 5.74) is 2.71. The summed E-state index contributed by atoms with van der Waals surface area (Å²) in [7, 11) is 3.33. The Bertz CT molecular complexity index is 1350. The van der Waals surface area contributed by atoms with E-state index >= 15 is 0 Å². The van der Waals surface area contributed by atoms with Crippen LogP contribution in [0.25, 0.3) is 11.0 Å². The third-order valence-electron chi connectivity index (χ3n) is 5.60. The van der Waals surface area contributed by atoms with Gasteiger partial charge in [0, 0.05) is 57.2 Å². The van der Waals surface area contributed by atoms with Crippen LogP contribution < -0.4 is 15.0 Å². The Morgan fingerprint density at radius 3 is 2.77 bits per heavy atom. The number of ether oxygens (including phenoxy) is 1. The van der Waals surface area contributed by atoms with Gasteiger partial charge in [0.15, 0.2) is 0 Å². The molecule has 2 aliphatic rings. The number of likely N-dealkylation sites (N-methyl/N-ethyl adjacent to an activating group) is 1. The van der Waals surface area contributed by atoms with Crippen LogP contribution in [-0.2, 0) is 4.79 Å². The highest BCUT2D eigenvalue weighted by atomic mass is 32.2. The van der Waals surface area contributed by atoms with Crippen molar-refractivity contribution in [2.24, 2.45) is 0 Å². The van der Waals surface area contributed by atoms with Crippen LogP contribution in [0.4, 0.5) is 11.5 Å². The first kappa shape index (κ1) is 22.7. The van der Waals surface area contributed by atoms with Crippen LogP contribution in [-0.4, -0.2) is 69.6 Å². The van der Waals surface area contributed by atoms with E-state index in [1.165, 1.54) is 11.8 Å². The number of methoxy groups -OCH3 is 1. The van der Waals surface area contributed by atoms with Gasteiger partial charge in [0.2, 0.25) is 11.8 Å². The second-order valence-corrected chi connectivity index (χ2v) is 8.92. The summed E-state index contributed by atoms with van der Waals surface area (Å²) in [6.07, 6.45) is 9.49. The molecule has 2 amide bonds. The molecule has 1 N–H and O–H groups in total. The van der Waals surface area contributed by atoms with E-state index in [-0.39, 0.29) is 11.8 Å². The molecule has 178 valence electrons. The minimum Gasteiger partial charge on any atom is -0.481 e. The van der Waals surface area contributed by atoms with Crippen molar-refractivity contribution in [2.45, 2.75) is 4.90 Å². The van der Waals surface area contributed by atoms with Gasteiger partial charge in [-0.05, 0) is 24.3 Å². The fourth-order valence-corrected chi connectivity index (χ4v) is 4.44. The quantitative estimate of drug-likeness (QED) is 0.560. The highest BCUT2D eigenvalue weighted by Crippen LogP contribution is 2.30. The van der Waals surface area contributed by atoms with Gasteiger partial charge in [-0.2, -0.15) is 0 Å². The predicted molar refractivity (Wildman–Crippen MR) is 134 cm³/mol. The third kappa shape index (κ3) is 4.76. The van der Waals surface area contributed by atoms with Gasteiger partial charge in [-0.15, -0.1) is 11.8 Å². The molecule has 2 aliphatic heterocycles. The van der Waals surface area contributed by atoms with Crippen molar-refractivity contribution in [3.63, 3.8) is 0 Å². The highest BCUT2D eigenvalue weighted by Gasteiger charge is 2.21. The number of hydrogen-bond donors (Lipinski definition) is 1. The number of pyridine rings is 3. The number of hydrogen-bond acceptors (Lipinski definition) is 9. The minimum atomic E-state index is -0.201. The molecule has 0 atom stereocenters. The van der Waals surface area contributed by atoms with Crippen LogP contribution in [0.15, 0.2) is 66.2 Å². The van der Waals surface area contributed by atoms with E-state index in [4.69, 9.17) is 4.74 Å². The van der Waals surface area contributed by atoms with E-state index in [1.54, 1.807) is 37.4 Å². The van der Waals surface area contributed by atoms with Gasteiger partial charge in [0.1, 0.15) is 17.0 Å². The van der Waals surface area contributed by atoms with E-state index in [0.29, 0.717) is 36.2 Å². The molecule has 10 nitrogen and oxygen atoms in total. The molecule has 3 aromatic heterocycles. The average Bonchev–Trinajstić information content (AvgIpc) is 2.90. The summed E-state index contributed by atoms with van der Waals surface area (Å²) in [6.45, 7) is 1.09. The predicted octanol–water partition coefficient (Wildman–Crippen LogP) is 2.91. The Hall–Kier alpha value is -4.12. The SMILES string of the molecule is COc1ccc2nccc(N3C=CN(CCN(C)C(=O)c4ccc5c(n4)NC(=O)CS5)C=C3)c2n1. The van der Waals surface area contributed by atoms with Crippen LogP contribution in [0.5, 0.6) is 5.88 Å². The van der Waals surface area contributed by atoms with Gasteiger partial charge in [0.05, 0.1) is 29.0 Å². The van der Waals surface area contributed by atoms with Crippen molar-refractivity contribution in [1.82, 2.24) is 24.8 Å². The van der Waals surface area contributed by atoms with E-state index in [0.717, 1.165) is 21.6 Å². The molecule has 0 radical (unpaired) electrons. The average molecular weight is 490 g/mol. The van der Waals surface area contributed by atoms with Gasteiger partial charge >= 0.3 is 0 Å². The maximum absolute atomic E-state index is 12.9. The molecule has 0 aromatic carbocycles.